The molecule has 366 valence electrons. The lowest BCUT2D eigenvalue weighted by molar-refractivity contribution is -0.181. The fourth-order valence-corrected chi connectivity index (χ4v) is 12.9. The molecule has 1 aromatic heterocycles. The van der Waals surface area contributed by atoms with Gasteiger partial charge >= 0.3 is 11.9 Å². The third-order valence-corrected chi connectivity index (χ3v) is 17.0. The van der Waals surface area contributed by atoms with Gasteiger partial charge in [-0.3, -0.25) is 9.59 Å². The molecule has 4 heterocycles. The predicted octanol–water partition coefficient (Wildman–Crippen LogP) is 7.56. The molecule has 0 spiro atoms. The highest BCUT2D eigenvalue weighted by Gasteiger charge is 2.53. The molecule has 0 bridgehead atoms. The van der Waals surface area contributed by atoms with Gasteiger partial charge in [-0.25, -0.2) is 13.2 Å². The van der Waals surface area contributed by atoms with Gasteiger partial charge in [0.25, 0.3) is 5.91 Å². The van der Waals surface area contributed by atoms with Gasteiger partial charge in [-0.15, -0.1) is 11.3 Å². The Hall–Kier alpha value is -5.04. The first-order valence-corrected chi connectivity index (χ1v) is 25.6. The highest BCUT2D eigenvalue weighted by Crippen LogP contribution is 2.48. The Bertz CT molecular complexity index is 2630. The van der Waals surface area contributed by atoms with Crippen molar-refractivity contribution < 1.29 is 56.7 Å². The van der Waals surface area contributed by atoms with Crippen LogP contribution in [-0.2, 0) is 59.6 Å². The number of nitrogens with one attached hydrogen (secondary N) is 1. The van der Waals surface area contributed by atoms with Crippen LogP contribution in [0.2, 0.25) is 0 Å². The number of methoxy groups -OCH3 is 1. The van der Waals surface area contributed by atoms with Crippen LogP contribution < -0.4 is 19.7 Å². The number of carboxylic acids is 1. The zero-order valence-corrected chi connectivity index (χ0v) is 41.5. The molecule has 68 heavy (non-hydrogen) atoms. The van der Waals surface area contributed by atoms with Crippen molar-refractivity contribution in [2.24, 2.45) is 23.2 Å². The number of amides is 1. The van der Waals surface area contributed by atoms with Crippen LogP contribution in [0.4, 0.5) is 11.4 Å². The largest absolute Gasteiger partial charge is 0.497 e. The molecule has 0 radical (unpaired) electrons. The van der Waals surface area contributed by atoms with Crippen molar-refractivity contribution in [3.05, 3.63) is 87.8 Å². The number of ether oxygens (including phenoxy) is 5. The van der Waals surface area contributed by atoms with Gasteiger partial charge in [0.2, 0.25) is 10.0 Å². The number of nitrogens with zero attached hydrogens (tertiary/aromatic N) is 2. The van der Waals surface area contributed by atoms with E-state index in [-0.39, 0.29) is 73.7 Å². The first-order chi connectivity index (χ1) is 32.2. The van der Waals surface area contributed by atoms with Crippen molar-refractivity contribution in [1.82, 2.24) is 4.31 Å². The monoisotopic (exact) mass is 973 g/mol. The molecule has 0 saturated carbocycles. The van der Waals surface area contributed by atoms with E-state index in [4.69, 9.17) is 23.7 Å². The normalized spacial score (nSPS) is 21.7. The summed E-state index contributed by atoms with van der Waals surface area (Å²) in [5, 5.41) is 26.2. The lowest BCUT2D eigenvalue weighted by Gasteiger charge is -2.30. The number of aliphatic hydroxyl groups excluding tert-OH is 1. The van der Waals surface area contributed by atoms with Gasteiger partial charge in [-0.2, -0.15) is 4.31 Å². The number of rotatable bonds is 18. The van der Waals surface area contributed by atoms with Crippen molar-refractivity contribution in [2.45, 2.75) is 103 Å². The van der Waals surface area contributed by atoms with E-state index in [0.29, 0.717) is 47.1 Å². The van der Waals surface area contributed by atoms with Gasteiger partial charge in [0.15, 0.2) is 12.4 Å². The average molecular weight is 974 g/mol. The molecule has 8 rings (SSSR count). The summed E-state index contributed by atoms with van der Waals surface area (Å²) in [6.07, 6.45) is 1.40. The highest BCUT2D eigenvalue weighted by molar-refractivity contribution is 7.89. The maximum atomic E-state index is 14.1. The SMILES string of the molecule is COc1ccc(S(=O)(=O)N(CC(C)C)C[C@@H](O)[C@@H](CC(=O)O[C@H]2CO[C@@]3(C)OCC[C@@H]23)Cc2ccc(NCc3cc4c(cc3-c3sc5c(c3C(=O)O)CC(C)(C)CC5)OCC(=O)N4C)cc2)cc1. The second-order valence-electron chi connectivity index (χ2n) is 19.8. The number of fused-ring (bicyclic) bond motifs is 3. The van der Waals surface area contributed by atoms with E-state index in [2.05, 4.69) is 19.2 Å². The molecule has 0 unspecified atom stereocenters. The lowest BCUT2D eigenvalue weighted by atomic mass is 9.76. The molecule has 3 aliphatic heterocycles. The molecule has 1 aliphatic carbocycles. The van der Waals surface area contributed by atoms with Crippen molar-refractivity contribution in [1.29, 1.82) is 0 Å². The van der Waals surface area contributed by atoms with Gasteiger partial charge in [-0.1, -0.05) is 39.8 Å². The zero-order chi connectivity index (χ0) is 48.7. The first-order valence-electron chi connectivity index (χ1n) is 23.3. The number of aliphatic hydroxyl groups is 1. The standard InChI is InChI=1S/C51H63N3O12S2/c1-30(2)26-54(68(60,61)36-14-12-35(62-7)13-15-36)27-41(55)32(22-46(57)66-43-28-65-51(5)39(43)17-19-64-51)20-31-8-10-34(11-9-31)52-25-33-21-40-42(63-29-45(56)53(40)6)23-37(33)48-47(49(58)59)38-24-50(3,4)18-16-44(38)67-48/h8-15,21,23,30,32,39,41,43,52,55H,16-20,22,24-29H2,1-7H3,(H,58,59)/t32-,39+,41-,43+,51-/m1/s1. The van der Waals surface area contributed by atoms with Crippen LogP contribution in [0.5, 0.6) is 11.5 Å². The van der Waals surface area contributed by atoms with Gasteiger partial charge in [0.05, 0.1) is 54.9 Å². The highest BCUT2D eigenvalue weighted by atomic mass is 32.2. The minimum absolute atomic E-state index is 0.0271. The van der Waals surface area contributed by atoms with Crippen molar-refractivity contribution >= 4 is 50.6 Å². The lowest BCUT2D eigenvalue weighted by Crippen LogP contribution is -2.43. The van der Waals surface area contributed by atoms with E-state index >= 15 is 0 Å². The number of aryl methyl sites for hydroxylation is 1. The first kappa shape index (κ1) is 49.4. The summed E-state index contributed by atoms with van der Waals surface area (Å²) in [5.41, 5.74) is 4.82. The average Bonchev–Trinajstić information content (AvgIpc) is 3.96. The number of likely N-dealkylation sites (N-methyl/N-ethyl adjacent to an activating group) is 1. The quantitative estimate of drug-likeness (QED) is 0.0830. The molecule has 3 aromatic carbocycles. The van der Waals surface area contributed by atoms with Crippen molar-refractivity contribution in [3.8, 4) is 21.9 Å². The Labute approximate surface area is 402 Å². The minimum Gasteiger partial charge on any atom is -0.497 e. The van der Waals surface area contributed by atoms with Gasteiger partial charge < -0.3 is 44.1 Å². The van der Waals surface area contributed by atoms with E-state index in [1.807, 2.05) is 57.2 Å². The Morgan fingerprint density at radius 2 is 1.78 bits per heavy atom. The number of aromatic carboxylic acids is 1. The molecular formula is C51H63N3O12S2. The smallest absolute Gasteiger partial charge is 0.337 e. The molecule has 17 heteroatoms. The summed E-state index contributed by atoms with van der Waals surface area (Å²) < 4.78 is 58.3. The molecule has 2 saturated heterocycles. The second-order valence-corrected chi connectivity index (χ2v) is 22.9. The summed E-state index contributed by atoms with van der Waals surface area (Å²) in [7, 11) is -0.858. The van der Waals surface area contributed by atoms with Crippen LogP contribution in [-0.4, -0.2) is 106 Å². The maximum Gasteiger partial charge on any atom is 0.337 e. The minimum atomic E-state index is -4.06. The van der Waals surface area contributed by atoms with Crippen molar-refractivity contribution in [2.75, 3.05) is 57.3 Å². The van der Waals surface area contributed by atoms with E-state index in [9.17, 15) is 33.0 Å². The number of anilines is 2. The van der Waals surface area contributed by atoms with E-state index in [0.717, 1.165) is 45.7 Å². The topological polar surface area (TPSA) is 190 Å². The van der Waals surface area contributed by atoms with Crippen molar-refractivity contribution in [3.63, 3.8) is 0 Å². The van der Waals surface area contributed by atoms with Crippen LogP contribution in [0, 0.1) is 23.2 Å². The summed E-state index contributed by atoms with van der Waals surface area (Å²) in [4.78, 5) is 42.8. The molecule has 4 aromatic rings. The number of carbonyl (C=O) groups is 3. The van der Waals surface area contributed by atoms with Crippen LogP contribution in [0.25, 0.3) is 10.4 Å². The third kappa shape index (κ3) is 10.4. The molecular weight excluding hydrogens is 911 g/mol. The third-order valence-electron chi connectivity index (χ3n) is 13.8. The van der Waals surface area contributed by atoms with Gasteiger partial charge in [0.1, 0.15) is 17.6 Å². The fraction of sp³-hybridized carbons (Fsp3) is 0.510. The van der Waals surface area contributed by atoms with Gasteiger partial charge in [0, 0.05) is 53.6 Å². The number of thiophene rings is 1. The summed E-state index contributed by atoms with van der Waals surface area (Å²) in [6.45, 7) is 10.7. The predicted molar refractivity (Wildman–Crippen MR) is 258 cm³/mol. The Morgan fingerprint density at radius 1 is 1.04 bits per heavy atom. The van der Waals surface area contributed by atoms with E-state index in [1.165, 1.54) is 34.9 Å². The number of carbonyl (C=O) groups excluding carboxylic acids is 2. The Balaban J connectivity index is 1.04. The van der Waals surface area contributed by atoms with Crippen LogP contribution in [0.15, 0.2) is 65.6 Å². The Kier molecular flexibility index (Phi) is 14.3. The summed E-state index contributed by atoms with van der Waals surface area (Å²) >= 11 is 1.52. The number of esters is 1. The summed E-state index contributed by atoms with van der Waals surface area (Å²) in [6, 6.07) is 17.4. The molecule has 3 N–H and O–H groups in total. The fourth-order valence-electron chi connectivity index (χ4n) is 9.93. The van der Waals surface area contributed by atoms with Crippen LogP contribution in [0.3, 0.4) is 0 Å². The number of hydrogen-bond donors (Lipinski definition) is 3. The molecule has 1 amide bonds. The molecule has 5 atom stereocenters. The maximum absolute atomic E-state index is 14.1. The zero-order valence-electron chi connectivity index (χ0n) is 39.8. The summed E-state index contributed by atoms with van der Waals surface area (Å²) in [5.74, 6) is -2.42. The second kappa shape index (κ2) is 19.8. The molecule has 4 aliphatic rings. The number of carboxylic acid groups (broad SMARTS) is 1. The number of sulfonamides is 1. The van der Waals surface area contributed by atoms with E-state index < -0.39 is 45.9 Å². The number of hydrogen-bond acceptors (Lipinski definition) is 13. The Morgan fingerprint density at radius 3 is 2.47 bits per heavy atom. The van der Waals surface area contributed by atoms with Crippen LogP contribution >= 0.6 is 11.3 Å². The van der Waals surface area contributed by atoms with E-state index in [1.54, 1.807) is 24.1 Å². The van der Waals surface area contributed by atoms with Gasteiger partial charge in [-0.05, 0) is 116 Å². The molecule has 15 nitrogen and oxygen atoms in total. The van der Waals surface area contributed by atoms with Crippen LogP contribution in [0.1, 0.15) is 85.8 Å². The number of benzene rings is 3. The molecule has 2 fully saturated rings.